The van der Waals surface area contributed by atoms with Gasteiger partial charge in [0.2, 0.25) is 5.95 Å². The lowest BCUT2D eigenvalue weighted by Crippen LogP contribution is -2.01. The topological polar surface area (TPSA) is 116 Å². The van der Waals surface area contributed by atoms with Crippen molar-refractivity contribution < 1.29 is 14.4 Å². The Bertz CT molecular complexity index is 970. The minimum atomic E-state index is -0.417. The number of aliphatic imine (C=N–C) groups is 1. The van der Waals surface area contributed by atoms with Crippen LogP contribution >= 0.6 is 0 Å². The molecule has 0 aliphatic rings. The van der Waals surface area contributed by atoms with Crippen LogP contribution in [0.5, 0.6) is 11.5 Å². The average Bonchev–Trinajstić information content (AvgIpc) is 3.18. The highest BCUT2D eigenvalue weighted by Gasteiger charge is 2.11. The number of nitro benzene ring substituents is 1. The molecule has 9 heteroatoms. The molecule has 138 valence electrons. The Morgan fingerprint density at radius 1 is 1.30 bits per heavy atom. The number of ether oxygens (including phenoxy) is 2. The van der Waals surface area contributed by atoms with Crippen molar-refractivity contribution >= 4 is 17.9 Å². The third kappa shape index (κ3) is 4.46. The molecule has 1 N–H and O–H groups in total. The molecule has 0 spiro atoms. The van der Waals surface area contributed by atoms with Crippen molar-refractivity contribution in [2.24, 2.45) is 4.99 Å². The lowest BCUT2D eigenvalue weighted by molar-refractivity contribution is -0.385. The first-order valence-electron chi connectivity index (χ1n) is 8.01. The van der Waals surface area contributed by atoms with E-state index in [1.54, 1.807) is 32.4 Å². The van der Waals surface area contributed by atoms with Crippen molar-refractivity contribution in [3.63, 3.8) is 0 Å². The molecule has 0 bridgehead atoms. The Labute approximate surface area is 154 Å². The fourth-order valence-electron chi connectivity index (χ4n) is 2.47. The molecule has 1 aromatic heterocycles. The van der Waals surface area contributed by atoms with Gasteiger partial charge >= 0.3 is 0 Å². The van der Waals surface area contributed by atoms with Gasteiger partial charge in [-0.2, -0.15) is 10.1 Å². The van der Waals surface area contributed by atoms with E-state index in [-0.39, 0.29) is 12.3 Å². The number of nitro groups is 1. The summed E-state index contributed by atoms with van der Waals surface area (Å²) in [4.78, 5) is 18.6. The summed E-state index contributed by atoms with van der Waals surface area (Å²) in [5, 5.41) is 17.3. The van der Waals surface area contributed by atoms with Gasteiger partial charge in [-0.15, -0.1) is 0 Å². The third-order valence-corrected chi connectivity index (χ3v) is 3.80. The van der Waals surface area contributed by atoms with Gasteiger partial charge in [-0.05, 0) is 42.8 Å². The maximum atomic E-state index is 10.9. The molecule has 0 saturated carbocycles. The zero-order chi connectivity index (χ0) is 19.2. The van der Waals surface area contributed by atoms with Crippen LogP contribution in [0.25, 0.3) is 0 Å². The van der Waals surface area contributed by atoms with E-state index in [0.29, 0.717) is 23.0 Å². The predicted octanol–water partition coefficient (Wildman–Crippen LogP) is 3.36. The van der Waals surface area contributed by atoms with E-state index >= 15 is 0 Å². The largest absolute Gasteiger partial charge is 0.496 e. The number of methoxy groups -OCH3 is 1. The van der Waals surface area contributed by atoms with Crippen molar-refractivity contribution in [1.82, 2.24) is 15.2 Å². The maximum Gasteiger partial charge on any atom is 0.272 e. The fraction of sp³-hybridized carbons (Fsp3) is 0.167. The molecule has 0 radical (unpaired) electrons. The maximum absolute atomic E-state index is 10.9. The molecule has 0 saturated heterocycles. The molecule has 0 aliphatic carbocycles. The molecule has 0 atom stereocenters. The van der Waals surface area contributed by atoms with E-state index in [9.17, 15) is 10.1 Å². The van der Waals surface area contributed by atoms with Crippen LogP contribution in [0.4, 0.5) is 11.6 Å². The van der Waals surface area contributed by atoms with Crippen LogP contribution in [0, 0.1) is 17.0 Å². The number of aryl methyl sites for hydroxylation is 1. The van der Waals surface area contributed by atoms with Crippen LogP contribution in [0.1, 0.15) is 16.7 Å². The molecule has 3 aromatic rings. The van der Waals surface area contributed by atoms with E-state index in [2.05, 4.69) is 20.2 Å². The molecule has 27 heavy (non-hydrogen) atoms. The van der Waals surface area contributed by atoms with Crippen molar-refractivity contribution in [1.29, 1.82) is 0 Å². The third-order valence-electron chi connectivity index (χ3n) is 3.80. The van der Waals surface area contributed by atoms with E-state index in [1.807, 2.05) is 18.2 Å². The monoisotopic (exact) mass is 367 g/mol. The number of aromatic amines is 1. The lowest BCUT2D eigenvalue weighted by atomic mass is 10.1. The minimum absolute atomic E-state index is 0.0607. The molecule has 0 fully saturated rings. The van der Waals surface area contributed by atoms with Crippen molar-refractivity contribution in [2.45, 2.75) is 13.5 Å². The molecular formula is C18H17N5O4. The van der Waals surface area contributed by atoms with Crippen LogP contribution in [0.15, 0.2) is 47.7 Å². The SMILES string of the molecule is COc1ccc(/C=N/c2ncn[nH]2)cc1COc1ccc([N+](=O)[O-])c(C)c1. The molecule has 1 heterocycles. The number of nitrogens with one attached hydrogen (secondary N) is 1. The molecule has 0 unspecified atom stereocenters. The molecule has 0 amide bonds. The van der Waals surface area contributed by atoms with Gasteiger partial charge in [0, 0.05) is 23.4 Å². The summed E-state index contributed by atoms with van der Waals surface area (Å²) in [7, 11) is 1.58. The number of benzene rings is 2. The number of hydrogen-bond acceptors (Lipinski definition) is 7. The highest BCUT2D eigenvalue weighted by Crippen LogP contribution is 2.26. The Morgan fingerprint density at radius 3 is 2.81 bits per heavy atom. The van der Waals surface area contributed by atoms with Gasteiger partial charge in [0.25, 0.3) is 5.69 Å². The second-order valence-corrected chi connectivity index (χ2v) is 5.63. The standard InChI is InChI=1S/C18H17N5O4/c1-12-7-15(4-5-16(12)23(24)25)27-10-14-8-13(3-6-17(14)26-2)9-19-18-20-11-21-22-18/h3-9,11H,10H2,1-2H3,(H,20,21,22)/b19-9+. The first kappa shape index (κ1) is 18.1. The van der Waals surface area contributed by atoms with Crippen LogP contribution in [-0.4, -0.2) is 33.4 Å². The smallest absolute Gasteiger partial charge is 0.272 e. The van der Waals surface area contributed by atoms with Gasteiger partial charge in [0.1, 0.15) is 24.4 Å². The van der Waals surface area contributed by atoms with Gasteiger partial charge in [0.15, 0.2) is 0 Å². The minimum Gasteiger partial charge on any atom is -0.496 e. The van der Waals surface area contributed by atoms with Crippen molar-refractivity contribution in [3.8, 4) is 11.5 Å². The quantitative estimate of drug-likeness (QED) is 0.389. The summed E-state index contributed by atoms with van der Waals surface area (Å²) in [5.41, 5.74) is 2.25. The first-order chi connectivity index (χ1) is 13.1. The molecule has 3 rings (SSSR count). The number of aromatic nitrogens is 3. The van der Waals surface area contributed by atoms with E-state index in [4.69, 9.17) is 9.47 Å². The number of rotatable bonds is 7. The van der Waals surface area contributed by atoms with Crippen LogP contribution in [0.2, 0.25) is 0 Å². The molecule has 9 nitrogen and oxygen atoms in total. The highest BCUT2D eigenvalue weighted by molar-refractivity contribution is 5.81. The van der Waals surface area contributed by atoms with Gasteiger partial charge in [0.05, 0.1) is 12.0 Å². The molecule has 0 aliphatic heterocycles. The second-order valence-electron chi connectivity index (χ2n) is 5.63. The normalized spacial score (nSPS) is 10.9. The summed E-state index contributed by atoms with van der Waals surface area (Å²) in [6, 6.07) is 10.2. The lowest BCUT2D eigenvalue weighted by Gasteiger charge is -2.11. The number of H-pyrrole nitrogens is 1. The summed E-state index contributed by atoms with van der Waals surface area (Å²) in [6.45, 7) is 1.91. The van der Waals surface area contributed by atoms with Gasteiger partial charge in [-0.3, -0.25) is 10.1 Å². The fourth-order valence-corrected chi connectivity index (χ4v) is 2.47. The Kier molecular flexibility index (Phi) is 5.41. The van der Waals surface area contributed by atoms with Crippen LogP contribution in [-0.2, 0) is 6.61 Å². The summed E-state index contributed by atoms with van der Waals surface area (Å²) in [6.07, 6.45) is 3.03. The van der Waals surface area contributed by atoms with E-state index in [0.717, 1.165) is 11.1 Å². The molecular weight excluding hydrogens is 350 g/mol. The Morgan fingerprint density at radius 2 is 2.15 bits per heavy atom. The molecule has 2 aromatic carbocycles. The first-order valence-corrected chi connectivity index (χ1v) is 8.01. The second kappa shape index (κ2) is 8.09. The van der Waals surface area contributed by atoms with E-state index < -0.39 is 4.92 Å². The van der Waals surface area contributed by atoms with Crippen LogP contribution in [0.3, 0.4) is 0 Å². The summed E-state index contributed by atoms with van der Waals surface area (Å²) < 4.78 is 11.2. The highest BCUT2D eigenvalue weighted by atomic mass is 16.6. The number of hydrogen-bond donors (Lipinski definition) is 1. The Hall–Kier alpha value is -3.75. The summed E-state index contributed by atoms with van der Waals surface area (Å²) in [5.74, 6) is 1.62. The number of nitrogens with zero attached hydrogens (tertiary/aromatic N) is 4. The van der Waals surface area contributed by atoms with Crippen molar-refractivity contribution in [2.75, 3.05) is 7.11 Å². The van der Waals surface area contributed by atoms with Gasteiger partial charge in [-0.25, -0.2) is 10.1 Å². The predicted molar refractivity (Wildman–Crippen MR) is 98.8 cm³/mol. The van der Waals surface area contributed by atoms with E-state index in [1.165, 1.54) is 12.4 Å². The average molecular weight is 367 g/mol. The van der Waals surface area contributed by atoms with Crippen molar-refractivity contribution in [3.05, 3.63) is 69.5 Å². The summed E-state index contributed by atoms with van der Waals surface area (Å²) >= 11 is 0. The zero-order valence-corrected chi connectivity index (χ0v) is 14.7. The zero-order valence-electron chi connectivity index (χ0n) is 14.7. The van der Waals surface area contributed by atoms with Gasteiger partial charge in [-0.1, -0.05) is 0 Å². The van der Waals surface area contributed by atoms with Crippen LogP contribution < -0.4 is 9.47 Å². The van der Waals surface area contributed by atoms with Gasteiger partial charge < -0.3 is 9.47 Å². The Balaban J connectivity index is 1.76.